The molecule has 21 heavy (non-hydrogen) atoms. The largest absolute Gasteiger partial charge is 0.340 e. The molecule has 0 spiro atoms. The highest BCUT2D eigenvalue weighted by molar-refractivity contribution is 7.16. The third-order valence-corrected chi connectivity index (χ3v) is 4.99. The van der Waals surface area contributed by atoms with Crippen molar-refractivity contribution in [2.24, 2.45) is 5.92 Å². The summed E-state index contributed by atoms with van der Waals surface area (Å²) in [6, 6.07) is 3.42. The van der Waals surface area contributed by atoms with Crippen molar-refractivity contribution >= 4 is 34.8 Å². The first-order valence-electron chi connectivity index (χ1n) is 7.09. The summed E-state index contributed by atoms with van der Waals surface area (Å²) in [7, 11) is 0. The summed E-state index contributed by atoms with van der Waals surface area (Å²) in [4.78, 5) is 27.8. The van der Waals surface area contributed by atoms with Gasteiger partial charge in [-0.2, -0.15) is 0 Å². The minimum absolute atomic E-state index is 0.0246. The third-order valence-electron chi connectivity index (χ3n) is 3.70. The second kappa shape index (κ2) is 5.97. The Balaban J connectivity index is 2.18. The van der Waals surface area contributed by atoms with Gasteiger partial charge in [0.1, 0.15) is 11.6 Å². The van der Waals surface area contributed by atoms with E-state index in [1.807, 2.05) is 26.0 Å². The molecule has 1 aromatic rings. The second-order valence-corrected chi connectivity index (χ2v) is 8.06. The zero-order valence-corrected chi connectivity index (χ0v) is 14.3. The van der Waals surface area contributed by atoms with Gasteiger partial charge in [0.2, 0.25) is 11.8 Å². The predicted octanol–water partition coefficient (Wildman–Crippen LogP) is 2.71. The van der Waals surface area contributed by atoms with E-state index < -0.39 is 11.6 Å². The lowest BCUT2D eigenvalue weighted by molar-refractivity contribution is -0.155. The molecule has 0 saturated carbocycles. The van der Waals surface area contributed by atoms with Crippen molar-refractivity contribution in [2.45, 2.75) is 45.7 Å². The molecule has 1 N–H and O–H groups in total. The topological polar surface area (TPSA) is 49.4 Å². The van der Waals surface area contributed by atoms with E-state index in [9.17, 15) is 9.59 Å². The van der Waals surface area contributed by atoms with Gasteiger partial charge in [-0.05, 0) is 38.3 Å². The lowest BCUT2D eigenvalue weighted by Gasteiger charge is -2.44. The Hall–Kier alpha value is -1.07. The van der Waals surface area contributed by atoms with Gasteiger partial charge in [0, 0.05) is 11.4 Å². The van der Waals surface area contributed by atoms with Crippen molar-refractivity contribution in [1.82, 2.24) is 10.2 Å². The van der Waals surface area contributed by atoms with E-state index in [4.69, 9.17) is 11.6 Å². The molecule has 0 bridgehead atoms. The smallest absolute Gasteiger partial charge is 0.248 e. The van der Waals surface area contributed by atoms with Crippen molar-refractivity contribution in [1.29, 1.82) is 0 Å². The van der Waals surface area contributed by atoms with E-state index in [0.29, 0.717) is 6.54 Å². The van der Waals surface area contributed by atoms with Crippen LogP contribution in [0.5, 0.6) is 0 Å². The van der Waals surface area contributed by atoms with Crippen LogP contribution in [0.15, 0.2) is 12.1 Å². The molecule has 1 atom stereocenters. The minimum atomic E-state index is -0.838. The Morgan fingerprint density at radius 1 is 1.38 bits per heavy atom. The van der Waals surface area contributed by atoms with Gasteiger partial charge in [-0.3, -0.25) is 9.59 Å². The van der Waals surface area contributed by atoms with Gasteiger partial charge in [-0.15, -0.1) is 11.3 Å². The number of thiophene rings is 1. The van der Waals surface area contributed by atoms with Gasteiger partial charge in [-0.25, -0.2) is 0 Å². The predicted molar refractivity (Wildman–Crippen MR) is 85.6 cm³/mol. The molecule has 1 aliphatic rings. The van der Waals surface area contributed by atoms with E-state index >= 15 is 0 Å². The first kappa shape index (κ1) is 16.3. The summed E-state index contributed by atoms with van der Waals surface area (Å²) in [5, 5.41) is 2.82. The molecule has 1 saturated heterocycles. The van der Waals surface area contributed by atoms with Crippen molar-refractivity contribution in [3.8, 4) is 0 Å². The molecule has 1 aromatic heterocycles. The summed E-state index contributed by atoms with van der Waals surface area (Å²) in [6.07, 6.45) is 0.718. The number of rotatable bonds is 4. The summed E-state index contributed by atoms with van der Waals surface area (Å²) in [5.41, 5.74) is -0.838. The molecule has 0 aliphatic carbocycles. The molecule has 2 amide bonds. The van der Waals surface area contributed by atoms with Crippen LogP contribution in [-0.2, 0) is 16.0 Å². The molecule has 1 aliphatic heterocycles. The summed E-state index contributed by atoms with van der Waals surface area (Å²) < 4.78 is 0.744. The van der Waals surface area contributed by atoms with Crippen molar-refractivity contribution < 1.29 is 9.59 Å². The number of halogens is 1. The fourth-order valence-corrected chi connectivity index (χ4v) is 3.76. The molecule has 0 radical (unpaired) electrons. The molecule has 1 fully saturated rings. The molecule has 2 rings (SSSR count). The Morgan fingerprint density at radius 3 is 2.57 bits per heavy atom. The van der Waals surface area contributed by atoms with Crippen LogP contribution in [0.4, 0.5) is 0 Å². The average molecular weight is 329 g/mol. The lowest BCUT2D eigenvalue weighted by atomic mass is 9.91. The number of amides is 2. The molecular formula is C15H21ClN2O2S. The quantitative estimate of drug-likeness (QED) is 0.924. The summed E-state index contributed by atoms with van der Waals surface area (Å²) in [6.45, 7) is 7.96. The maximum absolute atomic E-state index is 12.6. The molecule has 0 aromatic carbocycles. The Bertz CT molecular complexity index is 554. The van der Waals surface area contributed by atoms with Crippen molar-refractivity contribution in [2.75, 3.05) is 6.54 Å². The van der Waals surface area contributed by atoms with Gasteiger partial charge in [0.15, 0.2) is 0 Å². The minimum Gasteiger partial charge on any atom is -0.340 e. The van der Waals surface area contributed by atoms with Crippen LogP contribution in [0.1, 0.15) is 32.6 Å². The standard InChI is InChI=1S/C15H21ClN2O2S/c1-9(2)12-13(19)17-15(3,4)14(20)18(12)8-7-10-5-6-11(16)21-10/h5-6,9,12H,7-8H2,1-4H3,(H,17,19). The third kappa shape index (κ3) is 3.40. The fraction of sp³-hybridized carbons (Fsp3) is 0.600. The van der Waals surface area contributed by atoms with Gasteiger partial charge < -0.3 is 10.2 Å². The fourth-order valence-electron chi connectivity index (χ4n) is 2.68. The van der Waals surface area contributed by atoms with Crippen LogP contribution in [0, 0.1) is 5.92 Å². The van der Waals surface area contributed by atoms with Gasteiger partial charge in [0.05, 0.1) is 4.34 Å². The van der Waals surface area contributed by atoms with E-state index in [1.54, 1.807) is 18.7 Å². The SMILES string of the molecule is CC(C)C1C(=O)NC(C)(C)C(=O)N1CCc1ccc(Cl)s1. The zero-order valence-electron chi connectivity index (χ0n) is 12.8. The molecule has 1 unspecified atom stereocenters. The van der Waals surface area contributed by atoms with Crippen LogP contribution in [0.25, 0.3) is 0 Å². The highest BCUT2D eigenvalue weighted by Crippen LogP contribution is 2.25. The molecule has 6 heteroatoms. The lowest BCUT2D eigenvalue weighted by Crippen LogP contribution is -2.69. The number of piperazine rings is 1. The van der Waals surface area contributed by atoms with Crippen molar-refractivity contribution in [3.05, 3.63) is 21.3 Å². The summed E-state index contributed by atoms with van der Waals surface area (Å²) in [5.74, 6) is -0.0146. The van der Waals surface area contributed by atoms with Crippen molar-refractivity contribution in [3.63, 3.8) is 0 Å². The second-order valence-electron chi connectivity index (χ2n) is 6.26. The number of hydrogen-bond donors (Lipinski definition) is 1. The van der Waals surface area contributed by atoms with Gasteiger partial charge >= 0.3 is 0 Å². The zero-order chi connectivity index (χ0) is 15.8. The highest BCUT2D eigenvalue weighted by Gasteiger charge is 2.45. The molecule has 116 valence electrons. The number of nitrogens with one attached hydrogen (secondary N) is 1. The number of hydrogen-bond acceptors (Lipinski definition) is 3. The van der Waals surface area contributed by atoms with Crippen LogP contribution in [0.2, 0.25) is 4.34 Å². The number of carbonyl (C=O) groups excluding carboxylic acids is 2. The Kier molecular flexibility index (Phi) is 4.63. The summed E-state index contributed by atoms with van der Waals surface area (Å²) >= 11 is 7.45. The highest BCUT2D eigenvalue weighted by atomic mass is 35.5. The van der Waals surface area contributed by atoms with Crippen LogP contribution >= 0.6 is 22.9 Å². The van der Waals surface area contributed by atoms with Gasteiger partial charge in [-0.1, -0.05) is 25.4 Å². The Morgan fingerprint density at radius 2 is 2.05 bits per heavy atom. The normalized spacial score (nSPS) is 21.8. The van der Waals surface area contributed by atoms with Crippen LogP contribution in [-0.4, -0.2) is 34.8 Å². The first-order chi connectivity index (χ1) is 9.72. The van der Waals surface area contributed by atoms with Crippen LogP contribution < -0.4 is 5.32 Å². The number of carbonyl (C=O) groups is 2. The van der Waals surface area contributed by atoms with E-state index in [-0.39, 0.29) is 17.7 Å². The average Bonchev–Trinajstić information content (AvgIpc) is 2.76. The first-order valence-corrected chi connectivity index (χ1v) is 8.29. The monoisotopic (exact) mass is 328 g/mol. The Labute approximate surface area is 134 Å². The van der Waals surface area contributed by atoms with E-state index in [0.717, 1.165) is 15.6 Å². The molecular weight excluding hydrogens is 308 g/mol. The van der Waals surface area contributed by atoms with Crippen LogP contribution in [0.3, 0.4) is 0 Å². The maximum Gasteiger partial charge on any atom is 0.248 e. The van der Waals surface area contributed by atoms with E-state index in [1.165, 1.54) is 11.3 Å². The van der Waals surface area contributed by atoms with Gasteiger partial charge in [0.25, 0.3) is 0 Å². The number of nitrogens with zero attached hydrogens (tertiary/aromatic N) is 1. The molecule has 2 heterocycles. The maximum atomic E-state index is 12.6. The molecule has 4 nitrogen and oxygen atoms in total. The van der Waals surface area contributed by atoms with E-state index in [2.05, 4.69) is 5.32 Å².